The lowest BCUT2D eigenvalue weighted by molar-refractivity contribution is -0.121. The summed E-state index contributed by atoms with van der Waals surface area (Å²) in [6, 6.07) is 16.9. The minimum absolute atomic E-state index is 0.0572. The molecular weight excluding hydrogens is 356 g/mol. The molecule has 7 heteroatoms. The van der Waals surface area contributed by atoms with Crippen LogP contribution in [0.2, 0.25) is 0 Å². The molecule has 0 aliphatic heterocycles. The molecule has 1 amide bonds. The van der Waals surface area contributed by atoms with Crippen LogP contribution in [0.5, 0.6) is 0 Å². The number of nitrogens with one attached hydrogen (secondary N) is 2. The predicted molar refractivity (Wildman–Crippen MR) is 109 cm³/mol. The Bertz CT molecular complexity index is 1070. The van der Waals surface area contributed by atoms with Crippen molar-refractivity contribution in [2.75, 3.05) is 20.6 Å². The number of rotatable bonds is 7. The van der Waals surface area contributed by atoms with Crippen LogP contribution in [0.25, 0.3) is 10.9 Å². The van der Waals surface area contributed by atoms with Crippen molar-refractivity contribution in [1.29, 1.82) is 0 Å². The number of benzene rings is 2. The molecule has 0 spiro atoms. The van der Waals surface area contributed by atoms with E-state index in [-0.39, 0.29) is 24.9 Å². The molecule has 2 N–H and O–H groups in total. The summed E-state index contributed by atoms with van der Waals surface area (Å²) in [5, 5.41) is 3.37. The topological polar surface area (TPSA) is 87.2 Å². The van der Waals surface area contributed by atoms with Crippen LogP contribution in [0.15, 0.2) is 64.2 Å². The molecule has 0 radical (unpaired) electrons. The van der Waals surface area contributed by atoms with E-state index in [1.54, 1.807) is 24.3 Å². The number of fused-ring (bicyclic) bond motifs is 1. The van der Waals surface area contributed by atoms with Crippen LogP contribution in [-0.2, 0) is 11.3 Å². The molecule has 28 heavy (non-hydrogen) atoms. The van der Waals surface area contributed by atoms with Crippen molar-refractivity contribution >= 4 is 16.8 Å². The van der Waals surface area contributed by atoms with Crippen LogP contribution < -0.4 is 16.6 Å². The molecule has 1 aromatic heterocycles. The Hall–Kier alpha value is -3.19. The van der Waals surface area contributed by atoms with Gasteiger partial charge in [-0.3, -0.25) is 19.1 Å². The summed E-state index contributed by atoms with van der Waals surface area (Å²) >= 11 is 0. The van der Waals surface area contributed by atoms with Crippen molar-refractivity contribution in [3.63, 3.8) is 0 Å². The number of nitrogens with zero attached hydrogens (tertiary/aromatic N) is 2. The number of aromatic nitrogens is 2. The zero-order valence-corrected chi connectivity index (χ0v) is 16.0. The van der Waals surface area contributed by atoms with E-state index < -0.39 is 11.2 Å². The van der Waals surface area contributed by atoms with Crippen molar-refractivity contribution in [2.24, 2.45) is 0 Å². The van der Waals surface area contributed by atoms with Gasteiger partial charge in [0.2, 0.25) is 5.91 Å². The number of para-hydroxylation sites is 1. The van der Waals surface area contributed by atoms with Crippen molar-refractivity contribution < 1.29 is 4.79 Å². The second-order valence-electron chi connectivity index (χ2n) is 6.87. The lowest BCUT2D eigenvalue weighted by atomic mass is 10.1. The molecule has 0 bridgehead atoms. The fraction of sp³-hybridized carbons (Fsp3) is 0.286. The molecular formula is C21H24N4O3. The molecule has 0 saturated heterocycles. The molecule has 1 unspecified atom stereocenters. The second-order valence-corrected chi connectivity index (χ2v) is 6.87. The second kappa shape index (κ2) is 8.67. The highest BCUT2D eigenvalue weighted by Gasteiger charge is 2.15. The van der Waals surface area contributed by atoms with Gasteiger partial charge >= 0.3 is 5.69 Å². The van der Waals surface area contributed by atoms with Crippen LogP contribution in [0.3, 0.4) is 0 Å². The first-order chi connectivity index (χ1) is 13.5. The van der Waals surface area contributed by atoms with Gasteiger partial charge in [-0.2, -0.15) is 0 Å². The summed E-state index contributed by atoms with van der Waals surface area (Å²) in [7, 11) is 3.94. The van der Waals surface area contributed by atoms with Crippen molar-refractivity contribution in [3.05, 3.63) is 81.0 Å². The van der Waals surface area contributed by atoms with Crippen LogP contribution in [0.1, 0.15) is 18.0 Å². The molecule has 0 aliphatic rings. The number of H-pyrrole nitrogens is 1. The third kappa shape index (κ3) is 4.37. The van der Waals surface area contributed by atoms with Gasteiger partial charge < -0.3 is 10.2 Å². The van der Waals surface area contributed by atoms with Gasteiger partial charge in [0, 0.05) is 19.5 Å². The number of hydrogen-bond acceptors (Lipinski definition) is 4. The number of likely N-dealkylation sites (N-methyl/N-ethyl adjacent to an activating group) is 1. The van der Waals surface area contributed by atoms with Gasteiger partial charge in [-0.1, -0.05) is 42.5 Å². The first-order valence-electron chi connectivity index (χ1n) is 9.17. The lowest BCUT2D eigenvalue weighted by Crippen LogP contribution is -2.36. The van der Waals surface area contributed by atoms with E-state index in [0.29, 0.717) is 17.4 Å². The van der Waals surface area contributed by atoms with E-state index in [4.69, 9.17) is 0 Å². The molecule has 1 atom stereocenters. The van der Waals surface area contributed by atoms with Crippen LogP contribution in [-0.4, -0.2) is 41.0 Å². The summed E-state index contributed by atoms with van der Waals surface area (Å²) in [6.07, 6.45) is 0.144. The summed E-state index contributed by atoms with van der Waals surface area (Å²) < 4.78 is 1.43. The van der Waals surface area contributed by atoms with Gasteiger partial charge in [-0.25, -0.2) is 4.79 Å². The minimum atomic E-state index is -0.507. The number of aromatic amines is 1. The molecule has 1 heterocycles. The maximum atomic E-state index is 12.4. The zero-order chi connectivity index (χ0) is 20.1. The fourth-order valence-corrected chi connectivity index (χ4v) is 3.25. The predicted octanol–water partition coefficient (Wildman–Crippen LogP) is 1.50. The molecule has 3 rings (SSSR count). The third-order valence-corrected chi connectivity index (χ3v) is 4.77. The summed E-state index contributed by atoms with van der Waals surface area (Å²) in [6.45, 7) is 0.664. The average molecular weight is 380 g/mol. The quantitative estimate of drug-likeness (QED) is 0.650. The number of aryl methyl sites for hydroxylation is 1. The Morgan fingerprint density at radius 3 is 2.46 bits per heavy atom. The van der Waals surface area contributed by atoms with Crippen molar-refractivity contribution in [1.82, 2.24) is 19.8 Å². The summed E-state index contributed by atoms with van der Waals surface area (Å²) in [5.74, 6) is -0.148. The molecule has 146 valence electrons. The molecule has 2 aromatic carbocycles. The molecule has 0 aliphatic carbocycles. The molecule has 0 saturated carbocycles. The van der Waals surface area contributed by atoms with Crippen LogP contribution in [0.4, 0.5) is 0 Å². The molecule has 0 fully saturated rings. The smallest absolute Gasteiger partial charge is 0.328 e. The number of carbonyl (C=O) groups is 1. The van der Waals surface area contributed by atoms with Crippen LogP contribution >= 0.6 is 0 Å². The van der Waals surface area contributed by atoms with Crippen molar-refractivity contribution in [3.8, 4) is 0 Å². The van der Waals surface area contributed by atoms with E-state index in [2.05, 4.69) is 15.2 Å². The SMILES string of the molecule is CN(C)C(CNC(=O)CCn1c(=O)[nH]c(=O)c2ccccc21)c1ccccc1. The number of carbonyl (C=O) groups excluding carboxylic acids is 1. The largest absolute Gasteiger partial charge is 0.354 e. The van der Waals surface area contributed by atoms with Gasteiger partial charge in [0.25, 0.3) is 5.56 Å². The van der Waals surface area contributed by atoms with Gasteiger partial charge in [-0.15, -0.1) is 0 Å². The fourth-order valence-electron chi connectivity index (χ4n) is 3.25. The first-order valence-corrected chi connectivity index (χ1v) is 9.17. The van der Waals surface area contributed by atoms with Gasteiger partial charge in [0.05, 0.1) is 16.9 Å². The minimum Gasteiger partial charge on any atom is -0.354 e. The standard InChI is InChI=1S/C21H24N4O3/c1-24(2)18(15-8-4-3-5-9-15)14-22-19(26)12-13-25-17-11-7-6-10-16(17)20(27)23-21(25)28/h3-11,18H,12-14H2,1-2H3,(H,22,26)(H,23,27,28). The molecule has 7 nitrogen and oxygen atoms in total. The zero-order valence-electron chi connectivity index (χ0n) is 16.0. The lowest BCUT2D eigenvalue weighted by Gasteiger charge is -2.25. The maximum Gasteiger partial charge on any atom is 0.328 e. The van der Waals surface area contributed by atoms with Crippen molar-refractivity contribution in [2.45, 2.75) is 19.0 Å². The number of hydrogen-bond donors (Lipinski definition) is 2. The highest BCUT2D eigenvalue weighted by atomic mass is 16.2. The number of amides is 1. The average Bonchev–Trinajstić information content (AvgIpc) is 2.68. The van der Waals surface area contributed by atoms with Crippen LogP contribution in [0, 0.1) is 0 Å². The monoisotopic (exact) mass is 380 g/mol. The normalized spacial score (nSPS) is 12.2. The van der Waals surface area contributed by atoms with Gasteiger partial charge in [0.1, 0.15) is 0 Å². The highest BCUT2D eigenvalue weighted by Crippen LogP contribution is 2.16. The Balaban J connectivity index is 1.67. The maximum absolute atomic E-state index is 12.4. The Morgan fingerprint density at radius 1 is 1.07 bits per heavy atom. The Morgan fingerprint density at radius 2 is 1.75 bits per heavy atom. The summed E-state index contributed by atoms with van der Waals surface area (Å²) in [5.41, 5.74) is 0.722. The highest BCUT2D eigenvalue weighted by molar-refractivity contribution is 5.78. The first kappa shape index (κ1) is 19.6. The van der Waals surface area contributed by atoms with E-state index in [9.17, 15) is 14.4 Å². The van der Waals surface area contributed by atoms with Gasteiger partial charge in [-0.05, 0) is 31.8 Å². The Kier molecular flexibility index (Phi) is 6.06. The van der Waals surface area contributed by atoms with E-state index in [0.717, 1.165) is 5.56 Å². The van der Waals surface area contributed by atoms with E-state index in [1.807, 2.05) is 44.4 Å². The van der Waals surface area contributed by atoms with Gasteiger partial charge in [0.15, 0.2) is 0 Å². The van der Waals surface area contributed by atoms with E-state index >= 15 is 0 Å². The third-order valence-electron chi connectivity index (χ3n) is 4.77. The van der Waals surface area contributed by atoms with E-state index in [1.165, 1.54) is 4.57 Å². The molecule has 3 aromatic rings. The summed E-state index contributed by atoms with van der Waals surface area (Å²) in [4.78, 5) is 40.8. The Labute approximate surface area is 162 Å².